The summed E-state index contributed by atoms with van der Waals surface area (Å²) in [5.41, 5.74) is 5.36. The Balaban J connectivity index is 1.79. The van der Waals surface area contributed by atoms with E-state index in [4.69, 9.17) is 0 Å². The third-order valence-corrected chi connectivity index (χ3v) is 6.13. The Morgan fingerprint density at radius 2 is 1.45 bits per heavy atom. The minimum absolute atomic E-state index is 0.627. The van der Waals surface area contributed by atoms with Gasteiger partial charge in [-0.2, -0.15) is 24.5 Å². The van der Waals surface area contributed by atoms with Crippen molar-refractivity contribution < 1.29 is 13.2 Å². The number of para-hydroxylation sites is 1. The first-order valence-corrected chi connectivity index (χ1v) is 10.8. The van der Waals surface area contributed by atoms with Crippen LogP contribution in [0.1, 0.15) is 11.1 Å². The minimum Gasteiger partial charge on any atom is -0.335 e. The molecule has 0 unspecified atom stereocenters. The lowest BCUT2D eigenvalue weighted by Crippen LogP contribution is -2.05. The average Bonchev–Trinajstić information content (AvgIpc) is 3.41. The van der Waals surface area contributed by atoms with Crippen LogP contribution in [0.4, 0.5) is 13.2 Å². The van der Waals surface area contributed by atoms with Gasteiger partial charge in [0.15, 0.2) is 0 Å². The number of hydrogen-bond acceptors (Lipinski definition) is 1. The van der Waals surface area contributed by atoms with Crippen molar-refractivity contribution in [3.8, 4) is 22.4 Å². The molecule has 1 nitrogen and oxygen atoms in total. The van der Waals surface area contributed by atoms with Crippen LogP contribution < -0.4 is 0 Å². The topological polar surface area (TPSA) is 4.93 Å². The van der Waals surface area contributed by atoms with Crippen molar-refractivity contribution in [2.75, 3.05) is 0 Å². The van der Waals surface area contributed by atoms with Crippen molar-refractivity contribution in [3.05, 3.63) is 107 Å². The molecule has 5 aromatic rings. The van der Waals surface area contributed by atoms with E-state index in [1.807, 2.05) is 35.7 Å². The first-order valence-electron chi connectivity index (χ1n) is 9.88. The average molecular weight is 433 g/mol. The first kappa shape index (κ1) is 19.6. The smallest absolute Gasteiger partial charge is 0.335 e. The number of nitrogens with zero attached hydrogens (tertiary/aromatic N) is 1. The standard InChI is InChI=1S/C26H18F3NS/c27-26(28,29)21-12-10-19(11-13-21)25-24(20-14-15-31-17-20)22-8-4-5-9-23(22)30(25)16-18-6-2-1-3-7-18/h1-15,17H,16H2. The molecular weight excluding hydrogens is 415 g/mol. The predicted octanol–water partition coefficient (Wildman–Crippen LogP) is 8.10. The van der Waals surface area contributed by atoms with Crippen LogP contribution in [0.25, 0.3) is 33.3 Å². The highest BCUT2D eigenvalue weighted by Gasteiger charge is 2.30. The van der Waals surface area contributed by atoms with E-state index in [0.717, 1.165) is 51.0 Å². The summed E-state index contributed by atoms with van der Waals surface area (Å²) in [4.78, 5) is 0. The summed E-state index contributed by atoms with van der Waals surface area (Å²) in [5.74, 6) is 0. The maximum Gasteiger partial charge on any atom is 0.416 e. The summed E-state index contributed by atoms with van der Waals surface area (Å²) in [6, 6.07) is 25.8. The fourth-order valence-electron chi connectivity index (χ4n) is 4.05. The van der Waals surface area contributed by atoms with Gasteiger partial charge in [0.05, 0.1) is 11.3 Å². The Kier molecular flexibility index (Phi) is 4.91. The van der Waals surface area contributed by atoms with E-state index in [1.54, 1.807) is 23.5 Å². The van der Waals surface area contributed by atoms with Crippen LogP contribution in [0, 0.1) is 0 Å². The number of benzene rings is 3. The summed E-state index contributed by atoms with van der Waals surface area (Å²) >= 11 is 1.61. The van der Waals surface area contributed by atoms with Gasteiger partial charge < -0.3 is 4.57 Å². The van der Waals surface area contributed by atoms with Gasteiger partial charge in [0, 0.05) is 23.0 Å². The first-order chi connectivity index (χ1) is 15.0. The van der Waals surface area contributed by atoms with E-state index >= 15 is 0 Å². The third-order valence-electron chi connectivity index (χ3n) is 5.45. The molecule has 0 amide bonds. The molecule has 154 valence electrons. The number of thiophene rings is 1. The number of fused-ring (bicyclic) bond motifs is 1. The van der Waals surface area contributed by atoms with E-state index in [2.05, 4.69) is 40.3 Å². The zero-order valence-electron chi connectivity index (χ0n) is 16.4. The fourth-order valence-corrected chi connectivity index (χ4v) is 4.70. The number of hydrogen-bond donors (Lipinski definition) is 0. The van der Waals surface area contributed by atoms with Crippen molar-refractivity contribution in [3.63, 3.8) is 0 Å². The summed E-state index contributed by atoms with van der Waals surface area (Å²) in [5, 5.41) is 5.20. The summed E-state index contributed by atoms with van der Waals surface area (Å²) < 4.78 is 41.7. The van der Waals surface area contributed by atoms with Crippen LogP contribution in [0.3, 0.4) is 0 Å². The quantitative estimate of drug-likeness (QED) is 0.270. The zero-order chi connectivity index (χ0) is 21.4. The van der Waals surface area contributed by atoms with Gasteiger partial charge in [-0.25, -0.2) is 0 Å². The van der Waals surface area contributed by atoms with E-state index in [9.17, 15) is 13.2 Å². The van der Waals surface area contributed by atoms with E-state index in [0.29, 0.717) is 6.54 Å². The third kappa shape index (κ3) is 3.66. The lowest BCUT2D eigenvalue weighted by Gasteiger charge is -2.14. The maximum atomic E-state index is 13.2. The molecular formula is C26H18F3NS. The van der Waals surface area contributed by atoms with Gasteiger partial charge in [0.25, 0.3) is 0 Å². The molecule has 0 saturated carbocycles. The Labute approximate surface area is 182 Å². The van der Waals surface area contributed by atoms with Crippen molar-refractivity contribution >= 4 is 22.2 Å². The second-order valence-electron chi connectivity index (χ2n) is 7.40. The van der Waals surface area contributed by atoms with Gasteiger partial charge in [-0.15, -0.1) is 0 Å². The van der Waals surface area contributed by atoms with Gasteiger partial charge in [-0.3, -0.25) is 0 Å². The lowest BCUT2D eigenvalue weighted by molar-refractivity contribution is -0.137. The Bertz CT molecular complexity index is 1320. The second-order valence-corrected chi connectivity index (χ2v) is 8.18. The monoisotopic (exact) mass is 433 g/mol. The molecule has 31 heavy (non-hydrogen) atoms. The van der Waals surface area contributed by atoms with Gasteiger partial charge in [-0.1, -0.05) is 60.7 Å². The molecule has 0 bridgehead atoms. The van der Waals surface area contributed by atoms with Crippen LogP contribution in [0.15, 0.2) is 95.7 Å². The Hall–Kier alpha value is -3.31. The molecule has 0 aliphatic heterocycles. The summed E-state index contributed by atoms with van der Waals surface area (Å²) in [6.07, 6.45) is -4.36. The maximum absolute atomic E-state index is 13.2. The van der Waals surface area contributed by atoms with Crippen molar-refractivity contribution in [1.29, 1.82) is 0 Å². The van der Waals surface area contributed by atoms with Gasteiger partial charge in [0.1, 0.15) is 0 Å². The van der Waals surface area contributed by atoms with Crippen LogP contribution in [0.2, 0.25) is 0 Å². The molecule has 5 rings (SSSR count). The summed E-state index contributed by atoms with van der Waals surface area (Å²) in [6.45, 7) is 0.627. The number of alkyl halides is 3. The highest BCUT2D eigenvalue weighted by Crippen LogP contribution is 2.42. The minimum atomic E-state index is -4.36. The largest absolute Gasteiger partial charge is 0.416 e. The number of aromatic nitrogens is 1. The van der Waals surface area contributed by atoms with Gasteiger partial charge >= 0.3 is 6.18 Å². The summed E-state index contributed by atoms with van der Waals surface area (Å²) in [7, 11) is 0. The van der Waals surface area contributed by atoms with Crippen molar-refractivity contribution in [2.45, 2.75) is 12.7 Å². The van der Waals surface area contributed by atoms with Crippen LogP contribution in [-0.4, -0.2) is 4.57 Å². The van der Waals surface area contributed by atoms with E-state index < -0.39 is 11.7 Å². The molecule has 0 aliphatic rings. The van der Waals surface area contributed by atoms with E-state index in [-0.39, 0.29) is 0 Å². The highest BCUT2D eigenvalue weighted by atomic mass is 32.1. The van der Waals surface area contributed by atoms with Crippen LogP contribution >= 0.6 is 11.3 Å². The van der Waals surface area contributed by atoms with Gasteiger partial charge in [0.2, 0.25) is 0 Å². The number of rotatable bonds is 4. The Morgan fingerprint density at radius 3 is 2.13 bits per heavy atom. The highest BCUT2D eigenvalue weighted by molar-refractivity contribution is 7.08. The van der Waals surface area contributed by atoms with Crippen molar-refractivity contribution in [1.82, 2.24) is 4.57 Å². The lowest BCUT2D eigenvalue weighted by atomic mass is 9.99. The molecule has 2 aromatic heterocycles. The SMILES string of the molecule is FC(F)(F)c1ccc(-c2c(-c3ccsc3)c3ccccc3n2Cc2ccccc2)cc1. The normalized spacial score (nSPS) is 11.8. The van der Waals surface area contributed by atoms with Crippen LogP contribution in [0.5, 0.6) is 0 Å². The van der Waals surface area contributed by atoms with E-state index in [1.165, 1.54) is 0 Å². The molecule has 0 spiro atoms. The fraction of sp³-hybridized carbons (Fsp3) is 0.0769. The molecule has 0 radical (unpaired) electrons. The zero-order valence-corrected chi connectivity index (χ0v) is 17.3. The second kappa shape index (κ2) is 7.75. The van der Waals surface area contributed by atoms with Gasteiger partial charge in [-0.05, 0) is 51.7 Å². The Morgan fingerprint density at radius 1 is 0.742 bits per heavy atom. The molecule has 0 saturated heterocycles. The van der Waals surface area contributed by atoms with Crippen LogP contribution in [-0.2, 0) is 12.7 Å². The predicted molar refractivity (Wildman–Crippen MR) is 121 cm³/mol. The molecule has 0 fully saturated rings. The number of halogens is 3. The molecule has 3 aromatic carbocycles. The molecule has 0 N–H and O–H groups in total. The molecule has 0 aliphatic carbocycles. The molecule has 2 heterocycles. The van der Waals surface area contributed by atoms with Crippen molar-refractivity contribution in [2.24, 2.45) is 0 Å². The molecule has 5 heteroatoms. The molecule has 0 atom stereocenters.